The Balaban J connectivity index is 2.67. The summed E-state index contributed by atoms with van der Waals surface area (Å²) in [5, 5.41) is 8.76. The Bertz CT molecular complexity index is 219. The Kier molecular flexibility index (Phi) is 3.07. The zero-order valence-corrected chi connectivity index (χ0v) is 7.19. The van der Waals surface area contributed by atoms with E-state index in [0.717, 1.165) is 17.7 Å². The minimum atomic E-state index is -1.06. The zero-order valence-electron chi connectivity index (χ0n) is 7.19. The Morgan fingerprint density at radius 1 is 1.46 bits per heavy atom. The lowest BCUT2D eigenvalue weighted by atomic mass is 10.0. The molecule has 4 N–H and O–H groups in total. The first kappa shape index (κ1) is 9.79. The first-order valence-corrected chi connectivity index (χ1v) is 4.17. The van der Waals surface area contributed by atoms with Crippen LogP contribution in [0.5, 0.6) is 0 Å². The third-order valence-electron chi connectivity index (χ3n) is 2.19. The molecule has 1 atom stereocenters. The number of carbonyl (C=O) groups is 2. The number of nitrogens with one attached hydrogen (secondary N) is 1. The van der Waals surface area contributed by atoms with Crippen LogP contribution in [0.15, 0.2) is 0 Å². The number of nitrogens with two attached hydrogens (primary N) is 1. The Morgan fingerprint density at radius 2 is 2.15 bits per heavy atom. The van der Waals surface area contributed by atoms with E-state index in [1.807, 2.05) is 5.43 Å². The Labute approximate surface area is 75.7 Å². The number of hydrogen-bond acceptors (Lipinski definition) is 3. The van der Waals surface area contributed by atoms with E-state index in [0.29, 0.717) is 13.0 Å². The normalized spacial score (nSPS) is 22.5. The summed E-state index contributed by atoms with van der Waals surface area (Å²) in [6.07, 6.45) is 1.16. The number of amides is 2. The second-order valence-electron chi connectivity index (χ2n) is 3.00. The Hall–Kier alpha value is -1.30. The molecule has 0 aliphatic carbocycles. The summed E-state index contributed by atoms with van der Waals surface area (Å²) in [6, 6.07) is -0.615. The molecule has 1 unspecified atom stereocenters. The first-order valence-electron chi connectivity index (χ1n) is 4.17. The highest BCUT2D eigenvalue weighted by molar-refractivity contribution is 5.84. The number of likely N-dealkylation sites (tertiary alicyclic amines) is 1. The van der Waals surface area contributed by atoms with Crippen molar-refractivity contribution in [3.05, 3.63) is 0 Å². The van der Waals surface area contributed by atoms with Crippen molar-refractivity contribution in [2.75, 3.05) is 6.54 Å². The van der Waals surface area contributed by atoms with Gasteiger partial charge in [0.2, 0.25) is 0 Å². The van der Waals surface area contributed by atoms with Gasteiger partial charge in [-0.3, -0.25) is 15.1 Å². The van der Waals surface area contributed by atoms with Crippen molar-refractivity contribution >= 4 is 12.0 Å². The monoisotopic (exact) mass is 187 g/mol. The smallest absolute Gasteiger partial charge is 0.407 e. The van der Waals surface area contributed by atoms with Gasteiger partial charge in [-0.25, -0.2) is 10.6 Å². The molecule has 1 aliphatic heterocycles. The fraction of sp³-hybridized carbons (Fsp3) is 0.714. The molecule has 0 spiro atoms. The van der Waals surface area contributed by atoms with Crippen molar-refractivity contribution in [3.8, 4) is 0 Å². The standard InChI is InChI=1S/C7H13N3O3/c8-9-6(11)5-3-1-2-4-10(5)7(12)13/h5H,1-4,8H2,(H,9,11)(H,12,13). The van der Waals surface area contributed by atoms with Gasteiger partial charge in [0.05, 0.1) is 0 Å². The van der Waals surface area contributed by atoms with Crippen LogP contribution in [0.2, 0.25) is 0 Å². The van der Waals surface area contributed by atoms with Crippen molar-refractivity contribution in [2.45, 2.75) is 25.3 Å². The van der Waals surface area contributed by atoms with E-state index >= 15 is 0 Å². The van der Waals surface area contributed by atoms with Crippen LogP contribution in [0.3, 0.4) is 0 Å². The summed E-state index contributed by atoms with van der Waals surface area (Å²) < 4.78 is 0. The van der Waals surface area contributed by atoms with Gasteiger partial charge in [-0.05, 0) is 19.3 Å². The van der Waals surface area contributed by atoms with Crippen LogP contribution in [0.1, 0.15) is 19.3 Å². The summed E-state index contributed by atoms with van der Waals surface area (Å²) in [7, 11) is 0. The van der Waals surface area contributed by atoms with E-state index < -0.39 is 18.0 Å². The number of hydrazine groups is 1. The van der Waals surface area contributed by atoms with Crippen LogP contribution < -0.4 is 11.3 Å². The lowest BCUT2D eigenvalue weighted by molar-refractivity contribution is -0.126. The molecular weight excluding hydrogens is 174 g/mol. The van der Waals surface area contributed by atoms with Crippen molar-refractivity contribution < 1.29 is 14.7 Å². The molecule has 13 heavy (non-hydrogen) atoms. The van der Waals surface area contributed by atoms with E-state index in [-0.39, 0.29) is 0 Å². The van der Waals surface area contributed by atoms with Crippen LogP contribution in [-0.4, -0.2) is 34.6 Å². The van der Waals surface area contributed by atoms with Gasteiger partial charge in [0, 0.05) is 6.54 Å². The molecule has 1 heterocycles. The molecule has 0 bridgehead atoms. The van der Waals surface area contributed by atoms with Crippen LogP contribution in [0.25, 0.3) is 0 Å². The zero-order chi connectivity index (χ0) is 9.84. The topological polar surface area (TPSA) is 95.7 Å². The predicted octanol–water partition coefficient (Wildman–Crippen LogP) is -0.491. The highest BCUT2D eigenvalue weighted by atomic mass is 16.4. The maximum atomic E-state index is 11.1. The summed E-state index contributed by atoms with van der Waals surface area (Å²) >= 11 is 0. The molecule has 6 heteroatoms. The van der Waals surface area contributed by atoms with Gasteiger partial charge < -0.3 is 5.11 Å². The minimum absolute atomic E-state index is 0.410. The van der Waals surface area contributed by atoms with Crippen molar-refractivity contribution in [1.82, 2.24) is 10.3 Å². The second-order valence-corrected chi connectivity index (χ2v) is 3.00. The van der Waals surface area contributed by atoms with Gasteiger partial charge in [-0.2, -0.15) is 0 Å². The Morgan fingerprint density at radius 3 is 2.69 bits per heavy atom. The van der Waals surface area contributed by atoms with Crippen LogP contribution in [0, 0.1) is 0 Å². The maximum Gasteiger partial charge on any atom is 0.407 e. The van der Waals surface area contributed by atoms with Gasteiger partial charge in [0.15, 0.2) is 0 Å². The molecule has 1 saturated heterocycles. The van der Waals surface area contributed by atoms with E-state index in [1.165, 1.54) is 0 Å². The van der Waals surface area contributed by atoms with Gasteiger partial charge in [-0.1, -0.05) is 0 Å². The van der Waals surface area contributed by atoms with E-state index in [9.17, 15) is 9.59 Å². The van der Waals surface area contributed by atoms with E-state index in [4.69, 9.17) is 10.9 Å². The lowest BCUT2D eigenvalue weighted by Crippen LogP contribution is -2.52. The third kappa shape index (κ3) is 2.09. The minimum Gasteiger partial charge on any atom is -0.465 e. The molecule has 2 amide bonds. The van der Waals surface area contributed by atoms with Crippen molar-refractivity contribution in [3.63, 3.8) is 0 Å². The van der Waals surface area contributed by atoms with Crippen LogP contribution in [-0.2, 0) is 4.79 Å². The first-order chi connectivity index (χ1) is 6.16. The predicted molar refractivity (Wildman–Crippen MR) is 44.7 cm³/mol. The average molecular weight is 187 g/mol. The highest BCUT2D eigenvalue weighted by Gasteiger charge is 2.31. The number of carboxylic acid groups (broad SMARTS) is 1. The van der Waals surface area contributed by atoms with Gasteiger partial charge >= 0.3 is 6.09 Å². The largest absolute Gasteiger partial charge is 0.465 e. The van der Waals surface area contributed by atoms with Crippen molar-refractivity contribution in [1.29, 1.82) is 0 Å². The molecular formula is C7H13N3O3. The molecule has 1 rings (SSSR count). The average Bonchev–Trinajstić information content (AvgIpc) is 2.16. The number of carbonyl (C=O) groups excluding carboxylic acids is 1. The SMILES string of the molecule is NNC(=O)C1CCCCN1C(=O)O. The molecule has 74 valence electrons. The number of piperidine rings is 1. The van der Waals surface area contributed by atoms with Gasteiger partial charge in [0.25, 0.3) is 5.91 Å². The van der Waals surface area contributed by atoms with Gasteiger partial charge in [0.1, 0.15) is 6.04 Å². The molecule has 0 radical (unpaired) electrons. The van der Waals surface area contributed by atoms with E-state index in [2.05, 4.69) is 0 Å². The number of nitrogens with zero attached hydrogens (tertiary/aromatic N) is 1. The fourth-order valence-corrected chi connectivity index (χ4v) is 1.53. The number of rotatable bonds is 1. The highest BCUT2D eigenvalue weighted by Crippen LogP contribution is 2.16. The van der Waals surface area contributed by atoms with E-state index in [1.54, 1.807) is 0 Å². The summed E-state index contributed by atoms with van der Waals surface area (Å²) in [4.78, 5) is 23.0. The molecule has 0 saturated carbocycles. The molecule has 0 aromatic carbocycles. The lowest BCUT2D eigenvalue weighted by Gasteiger charge is -2.31. The summed E-state index contributed by atoms with van der Waals surface area (Å²) in [6.45, 7) is 0.410. The van der Waals surface area contributed by atoms with Crippen LogP contribution >= 0.6 is 0 Å². The number of hydrogen-bond donors (Lipinski definition) is 3. The summed E-state index contributed by atoms with van der Waals surface area (Å²) in [5.41, 5.74) is 1.98. The molecule has 1 fully saturated rings. The maximum absolute atomic E-state index is 11.1. The van der Waals surface area contributed by atoms with Crippen LogP contribution in [0.4, 0.5) is 4.79 Å². The quantitative estimate of drug-likeness (QED) is 0.293. The molecule has 0 aromatic heterocycles. The summed E-state index contributed by atoms with van der Waals surface area (Å²) in [5.74, 6) is 4.52. The fourth-order valence-electron chi connectivity index (χ4n) is 1.53. The third-order valence-corrected chi connectivity index (χ3v) is 2.19. The van der Waals surface area contributed by atoms with Crippen molar-refractivity contribution in [2.24, 2.45) is 5.84 Å². The molecule has 1 aliphatic rings. The van der Waals surface area contributed by atoms with Gasteiger partial charge in [-0.15, -0.1) is 0 Å². The molecule has 6 nitrogen and oxygen atoms in total. The molecule has 0 aromatic rings. The second kappa shape index (κ2) is 4.08.